The van der Waals surface area contributed by atoms with Crippen LogP contribution in [0.2, 0.25) is 0 Å². The van der Waals surface area contributed by atoms with E-state index in [1.807, 2.05) is 0 Å². The molecule has 1 heterocycles. The first-order chi connectivity index (χ1) is 10.3. The van der Waals surface area contributed by atoms with E-state index in [0.29, 0.717) is 0 Å². The summed E-state index contributed by atoms with van der Waals surface area (Å²) in [5, 5.41) is 4.72. The third-order valence-electron chi connectivity index (χ3n) is 3.64. The van der Waals surface area contributed by atoms with Crippen LogP contribution in [0.25, 0.3) is 10.9 Å². The topological polar surface area (TPSA) is 26.2 Å². The molecule has 0 amide bonds. The highest BCUT2D eigenvalue weighted by molar-refractivity contribution is 5.81. The van der Waals surface area contributed by atoms with E-state index in [1.165, 1.54) is 30.2 Å². The molecule has 0 bridgehead atoms. The number of ether oxygens (including phenoxy) is 1. The van der Waals surface area contributed by atoms with Crippen molar-refractivity contribution in [1.82, 2.24) is 9.88 Å². The Hall–Kier alpha value is -1.48. The van der Waals surface area contributed by atoms with E-state index in [9.17, 15) is 0 Å². The first-order valence-electron chi connectivity index (χ1n) is 8.27. The predicted octanol–water partition coefficient (Wildman–Crippen LogP) is 4.21. The second-order valence-corrected chi connectivity index (χ2v) is 5.54. The van der Waals surface area contributed by atoms with Crippen molar-refractivity contribution in [3.63, 3.8) is 0 Å². The summed E-state index contributed by atoms with van der Waals surface area (Å²) in [5.41, 5.74) is 1.31. The fraction of sp³-hybridized carbons (Fsp3) is 0.556. The van der Waals surface area contributed by atoms with Gasteiger partial charge in [0, 0.05) is 23.6 Å². The Kier molecular flexibility index (Phi) is 6.61. The van der Waals surface area contributed by atoms with Gasteiger partial charge in [-0.3, -0.25) is 0 Å². The van der Waals surface area contributed by atoms with Crippen molar-refractivity contribution in [2.45, 2.75) is 46.1 Å². The number of hydrogen-bond donors (Lipinski definition) is 1. The van der Waals surface area contributed by atoms with Crippen molar-refractivity contribution in [3.05, 3.63) is 30.5 Å². The molecule has 0 atom stereocenters. The Morgan fingerprint density at radius 2 is 1.95 bits per heavy atom. The van der Waals surface area contributed by atoms with Crippen LogP contribution in [0.15, 0.2) is 30.5 Å². The second kappa shape index (κ2) is 8.73. The van der Waals surface area contributed by atoms with E-state index >= 15 is 0 Å². The van der Waals surface area contributed by atoms with Crippen LogP contribution in [0.1, 0.15) is 39.5 Å². The largest absolute Gasteiger partial charge is 0.494 e. The van der Waals surface area contributed by atoms with Crippen LogP contribution < -0.4 is 10.1 Å². The third-order valence-corrected chi connectivity index (χ3v) is 3.64. The van der Waals surface area contributed by atoms with Crippen molar-refractivity contribution >= 4 is 10.9 Å². The van der Waals surface area contributed by atoms with Crippen LogP contribution in [-0.4, -0.2) is 24.3 Å². The number of fused-ring (bicyclic) bond motifs is 1. The van der Waals surface area contributed by atoms with E-state index in [1.54, 1.807) is 0 Å². The Labute approximate surface area is 128 Å². The van der Waals surface area contributed by atoms with Crippen molar-refractivity contribution in [1.29, 1.82) is 0 Å². The first-order valence-corrected chi connectivity index (χ1v) is 8.27. The van der Waals surface area contributed by atoms with Crippen LogP contribution in [0.3, 0.4) is 0 Å². The van der Waals surface area contributed by atoms with Crippen LogP contribution in [-0.2, 0) is 6.54 Å². The maximum absolute atomic E-state index is 5.69. The van der Waals surface area contributed by atoms with E-state index in [2.05, 4.69) is 54.2 Å². The lowest BCUT2D eigenvalue weighted by Gasteiger charge is -2.08. The number of unbranched alkanes of at least 4 members (excludes halogenated alkanes) is 1. The molecular weight excluding hydrogens is 260 g/mol. The molecule has 0 saturated heterocycles. The predicted molar refractivity (Wildman–Crippen MR) is 90.1 cm³/mol. The number of nitrogens with zero attached hydrogens (tertiary/aromatic N) is 1. The van der Waals surface area contributed by atoms with E-state index in [4.69, 9.17) is 4.74 Å². The summed E-state index contributed by atoms with van der Waals surface area (Å²) >= 11 is 0. The molecule has 0 saturated carbocycles. The summed E-state index contributed by atoms with van der Waals surface area (Å²) in [6.45, 7) is 8.47. The second-order valence-electron chi connectivity index (χ2n) is 5.54. The molecule has 21 heavy (non-hydrogen) atoms. The lowest BCUT2D eigenvalue weighted by atomic mass is 10.2. The molecule has 1 aromatic carbocycles. The van der Waals surface area contributed by atoms with Gasteiger partial charge in [0.2, 0.25) is 0 Å². The summed E-state index contributed by atoms with van der Waals surface area (Å²) < 4.78 is 8.04. The van der Waals surface area contributed by atoms with Crippen LogP contribution in [0.5, 0.6) is 5.75 Å². The molecule has 0 aliphatic heterocycles. The number of rotatable bonds is 10. The molecule has 2 aromatic rings. The average Bonchev–Trinajstić information content (AvgIpc) is 2.91. The molecule has 3 heteroatoms. The maximum Gasteiger partial charge on any atom is 0.120 e. The Balaban J connectivity index is 1.86. The van der Waals surface area contributed by atoms with Crippen LogP contribution in [0.4, 0.5) is 0 Å². The maximum atomic E-state index is 5.69. The summed E-state index contributed by atoms with van der Waals surface area (Å²) in [6, 6.07) is 8.58. The van der Waals surface area contributed by atoms with Crippen molar-refractivity contribution in [3.8, 4) is 5.75 Å². The van der Waals surface area contributed by atoms with Crippen molar-refractivity contribution in [2.24, 2.45) is 0 Å². The summed E-state index contributed by atoms with van der Waals surface area (Å²) in [5.74, 6) is 0.978. The molecule has 116 valence electrons. The fourth-order valence-corrected chi connectivity index (χ4v) is 2.52. The highest BCUT2D eigenvalue weighted by atomic mass is 16.5. The van der Waals surface area contributed by atoms with Gasteiger partial charge in [-0.05, 0) is 63.0 Å². The lowest BCUT2D eigenvalue weighted by Crippen LogP contribution is -2.16. The molecule has 2 rings (SSSR count). The fourth-order valence-electron chi connectivity index (χ4n) is 2.52. The van der Waals surface area contributed by atoms with Crippen LogP contribution in [0, 0.1) is 0 Å². The van der Waals surface area contributed by atoms with Gasteiger partial charge >= 0.3 is 0 Å². The number of nitrogens with one attached hydrogen (secondary N) is 1. The van der Waals surface area contributed by atoms with Gasteiger partial charge in [0.15, 0.2) is 0 Å². The quantitative estimate of drug-likeness (QED) is 0.663. The monoisotopic (exact) mass is 288 g/mol. The molecule has 0 aliphatic rings. The van der Waals surface area contributed by atoms with E-state index in [-0.39, 0.29) is 0 Å². The third kappa shape index (κ3) is 4.78. The van der Waals surface area contributed by atoms with E-state index in [0.717, 1.165) is 38.4 Å². The minimum Gasteiger partial charge on any atom is -0.494 e. The van der Waals surface area contributed by atoms with Gasteiger partial charge in [0.1, 0.15) is 5.75 Å². The van der Waals surface area contributed by atoms with Gasteiger partial charge in [-0.1, -0.05) is 13.8 Å². The SMILES string of the molecule is CCCNCCCCn1ccc2cc(OCCC)ccc21. The van der Waals surface area contributed by atoms with Gasteiger partial charge in [-0.2, -0.15) is 0 Å². The number of benzene rings is 1. The van der Waals surface area contributed by atoms with Crippen LogP contribution >= 0.6 is 0 Å². The smallest absolute Gasteiger partial charge is 0.120 e. The molecule has 1 N–H and O–H groups in total. The van der Waals surface area contributed by atoms with Crippen molar-refractivity contribution < 1.29 is 4.74 Å². The number of aromatic nitrogens is 1. The lowest BCUT2D eigenvalue weighted by molar-refractivity contribution is 0.318. The normalized spacial score (nSPS) is 11.1. The summed E-state index contributed by atoms with van der Waals surface area (Å²) in [6.07, 6.45) is 6.90. The Bertz CT molecular complexity index is 533. The minimum absolute atomic E-state index is 0.789. The van der Waals surface area contributed by atoms with Gasteiger partial charge in [-0.25, -0.2) is 0 Å². The highest BCUT2D eigenvalue weighted by Crippen LogP contribution is 2.22. The van der Waals surface area contributed by atoms with Gasteiger partial charge in [0.25, 0.3) is 0 Å². The molecule has 0 radical (unpaired) electrons. The van der Waals surface area contributed by atoms with Gasteiger partial charge in [0.05, 0.1) is 6.61 Å². The summed E-state index contributed by atoms with van der Waals surface area (Å²) in [7, 11) is 0. The Morgan fingerprint density at radius 3 is 2.76 bits per heavy atom. The standard InChI is InChI=1S/C18H28N2O/c1-3-10-19-11-5-6-12-20-13-9-16-15-17(21-14-4-2)7-8-18(16)20/h7-9,13,15,19H,3-6,10-12,14H2,1-2H3. The molecule has 0 aliphatic carbocycles. The van der Waals surface area contributed by atoms with Gasteiger partial charge in [-0.15, -0.1) is 0 Å². The molecule has 0 fully saturated rings. The molecule has 1 aromatic heterocycles. The molecule has 3 nitrogen and oxygen atoms in total. The average molecular weight is 288 g/mol. The molecular formula is C18H28N2O. The first kappa shape index (κ1) is 15.9. The number of hydrogen-bond acceptors (Lipinski definition) is 2. The number of aryl methyl sites for hydroxylation is 1. The zero-order valence-corrected chi connectivity index (χ0v) is 13.4. The van der Waals surface area contributed by atoms with Crippen molar-refractivity contribution in [2.75, 3.05) is 19.7 Å². The molecule has 0 unspecified atom stereocenters. The molecule has 0 spiro atoms. The highest BCUT2D eigenvalue weighted by Gasteiger charge is 2.02. The van der Waals surface area contributed by atoms with E-state index < -0.39 is 0 Å². The van der Waals surface area contributed by atoms with Gasteiger partial charge < -0.3 is 14.6 Å². The zero-order chi connectivity index (χ0) is 14.9. The Morgan fingerprint density at radius 1 is 1.05 bits per heavy atom. The summed E-state index contributed by atoms with van der Waals surface area (Å²) in [4.78, 5) is 0. The zero-order valence-electron chi connectivity index (χ0n) is 13.4. The minimum atomic E-state index is 0.789.